The summed E-state index contributed by atoms with van der Waals surface area (Å²) in [5.74, 6) is -1.21. The molecular weight excluding hydrogens is 286 g/mol. The third-order valence-corrected chi connectivity index (χ3v) is 3.91. The summed E-state index contributed by atoms with van der Waals surface area (Å²) in [7, 11) is 0. The van der Waals surface area contributed by atoms with Crippen LogP contribution < -0.4 is 5.73 Å². The maximum Gasteiger partial charge on any atom is 0.150 e. The number of rotatable bonds is 2. The van der Waals surface area contributed by atoms with E-state index in [0.717, 1.165) is 0 Å². The molecule has 1 aromatic rings. The minimum absolute atomic E-state index is 0.147. The van der Waals surface area contributed by atoms with Gasteiger partial charge in [-0.15, -0.1) is 0 Å². The third-order valence-electron chi connectivity index (χ3n) is 3.68. The van der Waals surface area contributed by atoms with Gasteiger partial charge >= 0.3 is 0 Å². The van der Waals surface area contributed by atoms with Gasteiger partial charge in [0.05, 0.1) is 23.8 Å². The molecule has 2 N–H and O–H groups in total. The highest BCUT2D eigenvalue weighted by Crippen LogP contribution is 2.67. The van der Waals surface area contributed by atoms with Gasteiger partial charge in [-0.3, -0.25) is 0 Å². The van der Waals surface area contributed by atoms with Crippen molar-refractivity contribution in [2.45, 2.75) is 5.92 Å². The number of nitriles is 4. The monoisotopic (exact) mass is 293 g/mol. The number of halogens is 1. The zero-order chi connectivity index (χ0) is 15.6. The highest BCUT2D eigenvalue weighted by Gasteiger charge is 2.69. The lowest BCUT2D eigenvalue weighted by Gasteiger charge is -2.09. The predicted octanol–water partition coefficient (Wildman–Crippen LogP) is 2.35. The fourth-order valence-electron chi connectivity index (χ4n) is 2.61. The van der Waals surface area contributed by atoms with Crippen LogP contribution in [0.4, 0.5) is 0 Å². The lowest BCUT2D eigenvalue weighted by molar-refractivity contribution is 0.719. The lowest BCUT2D eigenvalue weighted by Crippen LogP contribution is -2.17. The van der Waals surface area contributed by atoms with Crippen molar-refractivity contribution in [1.82, 2.24) is 0 Å². The first-order chi connectivity index (χ1) is 10.1. The molecule has 1 fully saturated rings. The van der Waals surface area contributed by atoms with Gasteiger partial charge in [0.15, 0.2) is 0 Å². The van der Waals surface area contributed by atoms with Gasteiger partial charge in [-0.1, -0.05) is 23.7 Å². The van der Waals surface area contributed by atoms with E-state index in [1.54, 1.807) is 36.4 Å². The lowest BCUT2D eigenvalue weighted by atomic mass is 9.94. The van der Waals surface area contributed by atoms with E-state index in [0.29, 0.717) is 10.6 Å². The van der Waals surface area contributed by atoms with Crippen molar-refractivity contribution in [3.63, 3.8) is 0 Å². The summed E-state index contributed by atoms with van der Waals surface area (Å²) in [5, 5.41) is 37.1. The average Bonchev–Trinajstić information content (AvgIpc) is 3.17. The number of nitrogens with two attached hydrogens (primary N) is 1. The second kappa shape index (κ2) is 5.18. The molecule has 0 spiro atoms. The molecule has 2 rings (SSSR count). The molecule has 1 saturated carbocycles. The van der Waals surface area contributed by atoms with Crippen molar-refractivity contribution >= 4 is 11.6 Å². The van der Waals surface area contributed by atoms with E-state index in [-0.39, 0.29) is 11.3 Å². The molecule has 0 aliphatic heterocycles. The summed E-state index contributed by atoms with van der Waals surface area (Å²) in [4.78, 5) is 0. The first-order valence-electron chi connectivity index (χ1n) is 5.93. The maximum absolute atomic E-state index is 9.50. The van der Waals surface area contributed by atoms with E-state index < -0.39 is 17.3 Å². The Balaban J connectivity index is 2.60. The molecule has 1 aliphatic carbocycles. The van der Waals surface area contributed by atoms with Gasteiger partial charge in [0.1, 0.15) is 23.1 Å². The van der Waals surface area contributed by atoms with Crippen LogP contribution in [0, 0.1) is 56.7 Å². The van der Waals surface area contributed by atoms with Gasteiger partial charge in [0.2, 0.25) is 0 Å². The van der Waals surface area contributed by atoms with Crippen LogP contribution in [0.15, 0.2) is 35.5 Å². The van der Waals surface area contributed by atoms with Crippen LogP contribution in [0.5, 0.6) is 0 Å². The number of nitrogens with zero attached hydrogens (tertiary/aromatic N) is 4. The van der Waals surface area contributed by atoms with Gasteiger partial charge < -0.3 is 5.73 Å². The second-order valence-electron chi connectivity index (χ2n) is 4.63. The largest absolute Gasteiger partial charge is 0.399 e. The minimum atomic E-state index is -1.35. The molecule has 0 aromatic heterocycles. The van der Waals surface area contributed by atoms with Crippen LogP contribution in [0.2, 0.25) is 5.02 Å². The first-order valence-corrected chi connectivity index (χ1v) is 6.31. The molecule has 0 unspecified atom stereocenters. The Bertz CT molecular complexity index is 783. The van der Waals surface area contributed by atoms with Gasteiger partial charge in [-0.05, 0) is 17.7 Å². The van der Waals surface area contributed by atoms with Crippen LogP contribution >= 0.6 is 11.6 Å². The van der Waals surface area contributed by atoms with Crippen LogP contribution in [0.1, 0.15) is 11.5 Å². The predicted molar refractivity (Wildman–Crippen MR) is 73.8 cm³/mol. The Morgan fingerprint density at radius 3 is 2.33 bits per heavy atom. The van der Waals surface area contributed by atoms with E-state index in [1.807, 2.05) is 12.1 Å². The van der Waals surface area contributed by atoms with E-state index in [1.165, 1.54) is 0 Å². The number of allylic oxidation sites excluding steroid dienone is 2. The second-order valence-corrected chi connectivity index (χ2v) is 5.07. The van der Waals surface area contributed by atoms with Crippen LogP contribution in [0.3, 0.4) is 0 Å². The van der Waals surface area contributed by atoms with Crippen molar-refractivity contribution in [1.29, 1.82) is 21.0 Å². The Morgan fingerprint density at radius 2 is 1.86 bits per heavy atom. The maximum atomic E-state index is 9.50. The van der Waals surface area contributed by atoms with Gasteiger partial charge in [-0.25, -0.2) is 0 Å². The minimum Gasteiger partial charge on any atom is -0.399 e. The van der Waals surface area contributed by atoms with Crippen LogP contribution in [-0.2, 0) is 0 Å². The number of hydrogen-bond donors (Lipinski definition) is 1. The Kier molecular flexibility index (Phi) is 3.56. The normalized spacial score (nSPS) is 25.6. The molecule has 0 amide bonds. The SMILES string of the molecule is N#CC(C#N)=C(N)[C@]1(C#N)[C@H](C#N)[C@H]1c1cccc(Cl)c1. The van der Waals surface area contributed by atoms with Gasteiger partial charge in [0, 0.05) is 10.9 Å². The standard InChI is InChI=1S/C15H8ClN5/c16-11-3-1-2-9(4-11)13-12(7-19)15(13,8-20)14(21)10(5-17)6-18/h1-4,12-13H,21H2/t12-,13-,15-/m1/s1. The Morgan fingerprint density at radius 1 is 1.19 bits per heavy atom. The summed E-state index contributed by atoms with van der Waals surface area (Å²) in [6.45, 7) is 0. The van der Waals surface area contributed by atoms with Crippen molar-refractivity contribution in [3.8, 4) is 24.3 Å². The fraction of sp³-hybridized carbons (Fsp3) is 0.200. The van der Waals surface area contributed by atoms with Crippen molar-refractivity contribution in [2.75, 3.05) is 0 Å². The molecule has 3 atom stereocenters. The molecule has 5 nitrogen and oxygen atoms in total. The van der Waals surface area contributed by atoms with Crippen LogP contribution in [-0.4, -0.2) is 0 Å². The number of hydrogen-bond acceptors (Lipinski definition) is 5. The van der Waals surface area contributed by atoms with E-state index in [9.17, 15) is 10.5 Å². The first kappa shape index (κ1) is 14.4. The Hall–Kier alpha value is -2.99. The average molecular weight is 294 g/mol. The highest BCUT2D eigenvalue weighted by atomic mass is 35.5. The molecule has 1 aromatic carbocycles. The summed E-state index contributed by atoms with van der Waals surface area (Å²) < 4.78 is 0. The summed E-state index contributed by atoms with van der Waals surface area (Å²) in [5.41, 5.74) is 4.71. The molecule has 0 saturated heterocycles. The topological polar surface area (TPSA) is 121 Å². The van der Waals surface area contributed by atoms with E-state index >= 15 is 0 Å². The van der Waals surface area contributed by atoms with Gasteiger partial charge in [-0.2, -0.15) is 21.0 Å². The zero-order valence-electron chi connectivity index (χ0n) is 10.7. The van der Waals surface area contributed by atoms with Crippen molar-refractivity contribution in [3.05, 3.63) is 46.1 Å². The molecule has 0 heterocycles. The highest BCUT2D eigenvalue weighted by molar-refractivity contribution is 6.30. The summed E-state index contributed by atoms with van der Waals surface area (Å²) in [6.07, 6.45) is 0. The molecule has 0 radical (unpaired) electrons. The summed E-state index contributed by atoms with van der Waals surface area (Å²) >= 11 is 5.93. The van der Waals surface area contributed by atoms with Crippen molar-refractivity contribution in [2.24, 2.45) is 17.1 Å². The number of benzene rings is 1. The third kappa shape index (κ3) is 1.98. The molecule has 6 heteroatoms. The van der Waals surface area contributed by atoms with Gasteiger partial charge in [0.25, 0.3) is 0 Å². The molecule has 21 heavy (non-hydrogen) atoms. The van der Waals surface area contributed by atoms with E-state index in [4.69, 9.17) is 27.9 Å². The molecule has 1 aliphatic rings. The van der Waals surface area contributed by atoms with E-state index in [2.05, 4.69) is 0 Å². The quantitative estimate of drug-likeness (QED) is 0.839. The Labute approximate surface area is 126 Å². The summed E-state index contributed by atoms with van der Waals surface area (Å²) in [6, 6.07) is 14.2. The molecule has 0 bridgehead atoms. The molecular formula is C15H8ClN5. The zero-order valence-corrected chi connectivity index (χ0v) is 11.5. The van der Waals surface area contributed by atoms with Crippen molar-refractivity contribution < 1.29 is 0 Å². The smallest absolute Gasteiger partial charge is 0.150 e. The fourth-order valence-corrected chi connectivity index (χ4v) is 2.81. The van der Waals surface area contributed by atoms with Crippen LogP contribution in [0.25, 0.3) is 0 Å². The molecule has 100 valence electrons.